The summed E-state index contributed by atoms with van der Waals surface area (Å²) in [7, 11) is 3.93. The fraction of sp³-hybridized carbons (Fsp3) is 0.417. The Kier molecular flexibility index (Phi) is 5.59. The normalized spacial score (nSPS) is 9.94. The maximum Gasteiger partial charge on any atom is 0.251 e. The molecule has 1 rings (SSSR count). The number of benzene rings is 1. The Bertz CT molecular complexity index is 353. The van der Waals surface area contributed by atoms with Gasteiger partial charge in [0.1, 0.15) is 0 Å². The average molecular weight is 332 g/mol. The number of nitrogens with zero attached hydrogens (tertiary/aromatic N) is 1. The van der Waals surface area contributed by atoms with Crippen molar-refractivity contribution in [2.45, 2.75) is 6.42 Å². The van der Waals surface area contributed by atoms with Gasteiger partial charge < -0.3 is 10.2 Å². The third-order valence-corrected chi connectivity index (χ3v) is 2.98. The molecule has 0 aromatic heterocycles. The molecule has 88 valence electrons. The molecule has 0 radical (unpaired) electrons. The van der Waals surface area contributed by atoms with Crippen LogP contribution in [0.15, 0.2) is 24.3 Å². The molecule has 1 aromatic rings. The predicted octanol–water partition coefficient (Wildman–Crippen LogP) is 2.31. The van der Waals surface area contributed by atoms with Gasteiger partial charge in [0.05, 0.1) is 0 Å². The van der Waals surface area contributed by atoms with Gasteiger partial charge in [-0.3, -0.25) is 4.79 Å². The summed E-state index contributed by atoms with van der Waals surface area (Å²) in [4.78, 5) is 13.7. The quantitative estimate of drug-likeness (QED) is 0.510. The molecular weight excluding hydrogens is 315 g/mol. The SMILES string of the molecule is CN(C)c1cccc(C(=O)NCCCI)c1. The van der Waals surface area contributed by atoms with Crippen molar-refractivity contribution in [2.75, 3.05) is 30.0 Å². The zero-order valence-electron chi connectivity index (χ0n) is 9.66. The highest BCUT2D eigenvalue weighted by Crippen LogP contribution is 2.13. The van der Waals surface area contributed by atoms with E-state index in [0.717, 1.165) is 28.6 Å². The van der Waals surface area contributed by atoms with E-state index in [2.05, 4.69) is 27.9 Å². The first-order chi connectivity index (χ1) is 7.65. The summed E-state index contributed by atoms with van der Waals surface area (Å²) in [5.41, 5.74) is 1.76. The lowest BCUT2D eigenvalue weighted by Crippen LogP contribution is -2.24. The zero-order chi connectivity index (χ0) is 12.0. The summed E-state index contributed by atoms with van der Waals surface area (Å²) in [5.74, 6) is 0.00792. The standard InChI is InChI=1S/C12H17IN2O/c1-15(2)11-6-3-5-10(9-11)12(16)14-8-4-7-13/h3,5-6,9H,4,7-8H2,1-2H3,(H,14,16). The molecule has 0 unspecified atom stereocenters. The Hall–Kier alpha value is -0.780. The van der Waals surface area contributed by atoms with Crippen LogP contribution in [0.4, 0.5) is 5.69 Å². The Balaban J connectivity index is 2.64. The molecule has 0 saturated heterocycles. The first-order valence-corrected chi connectivity index (χ1v) is 6.79. The number of amides is 1. The van der Waals surface area contributed by atoms with Crippen molar-refractivity contribution in [3.05, 3.63) is 29.8 Å². The Labute approximate surface area is 110 Å². The van der Waals surface area contributed by atoms with Crippen LogP contribution in [0.25, 0.3) is 0 Å². The van der Waals surface area contributed by atoms with Gasteiger partial charge in [-0.15, -0.1) is 0 Å². The minimum Gasteiger partial charge on any atom is -0.378 e. The van der Waals surface area contributed by atoms with Gasteiger partial charge >= 0.3 is 0 Å². The zero-order valence-corrected chi connectivity index (χ0v) is 11.8. The number of hydrogen-bond donors (Lipinski definition) is 1. The number of rotatable bonds is 5. The Morgan fingerprint density at radius 1 is 1.44 bits per heavy atom. The fourth-order valence-electron chi connectivity index (χ4n) is 1.30. The lowest BCUT2D eigenvalue weighted by molar-refractivity contribution is 0.0954. The molecule has 1 aromatic carbocycles. The van der Waals surface area contributed by atoms with Crippen molar-refractivity contribution in [3.8, 4) is 0 Å². The molecule has 4 heteroatoms. The number of halogens is 1. The average Bonchev–Trinajstić information content (AvgIpc) is 2.29. The predicted molar refractivity (Wildman–Crippen MR) is 76.6 cm³/mol. The first-order valence-electron chi connectivity index (χ1n) is 5.26. The minimum atomic E-state index is 0.00792. The maximum atomic E-state index is 11.8. The van der Waals surface area contributed by atoms with Crippen LogP contribution in [-0.4, -0.2) is 31.0 Å². The number of carbonyl (C=O) groups is 1. The van der Waals surface area contributed by atoms with Crippen LogP contribution in [0.2, 0.25) is 0 Å². The van der Waals surface area contributed by atoms with Gasteiger partial charge in [-0.2, -0.15) is 0 Å². The van der Waals surface area contributed by atoms with Crippen LogP contribution in [0.1, 0.15) is 16.8 Å². The van der Waals surface area contributed by atoms with Gasteiger partial charge in [0.2, 0.25) is 0 Å². The van der Waals surface area contributed by atoms with Crippen molar-refractivity contribution in [1.29, 1.82) is 0 Å². The van der Waals surface area contributed by atoms with Gasteiger partial charge in [0.15, 0.2) is 0 Å². The third kappa shape index (κ3) is 4.00. The molecule has 16 heavy (non-hydrogen) atoms. The van der Waals surface area contributed by atoms with Gasteiger partial charge in [-0.1, -0.05) is 28.7 Å². The highest BCUT2D eigenvalue weighted by molar-refractivity contribution is 14.1. The second kappa shape index (κ2) is 6.73. The lowest BCUT2D eigenvalue weighted by Gasteiger charge is -2.13. The molecule has 0 heterocycles. The summed E-state index contributed by atoms with van der Waals surface area (Å²) in [6.45, 7) is 0.744. The molecule has 3 nitrogen and oxygen atoms in total. The highest BCUT2D eigenvalue weighted by Gasteiger charge is 2.05. The number of hydrogen-bond acceptors (Lipinski definition) is 2. The van der Waals surface area contributed by atoms with Crippen LogP contribution < -0.4 is 10.2 Å². The number of nitrogens with one attached hydrogen (secondary N) is 1. The third-order valence-electron chi connectivity index (χ3n) is 2.22. The van der Waals surface area contributed by atoms with Gasteiger partial charge in [-0.25, -0.2) is 0 Å². The lowest BCUT2D eigenvalue weighted by atomic mass is 10.2. The van der Waals surface area contributed by atoms with Crippen molar-refractivity contribution >= 4 is 34.2 Å². The Morgan fingerprint density at radius 3 is 2.81 bits per heavy atom. The molecule has 0 aliphatic rings. The van der Waals surface area contributed by atoms with E-state index in [4.69, 9.17) is 0 Å². The smallest absolute Gasteiger partial charge is 0.251 e. The highest BCUT2D eigenvalue weighted by atomic mass is 127. The molecule has 1 N–H and O–H groups in total. The summed E-state index contributed by atoms with van der Waals surface area (Å²) in [5, 5.41) is 2.90. The van der Waals surface area contributed by atoms with E-state index in [9.17, 15) is 4.79 Å². The summed E-state index contributed by atoms with van der Waals surface area (Å²) >= 11 is 2.30. The number of alkyl halides is 1. The molecule has 0 atom stereocenters. The first kappa shape index (κ1) is 13.3. The van der Waals surface area contributed by atoms with E-state index in [0.29, 0.717) is 0 Å². The molecular formula is C12H17IN2O. The van der Waals surface area contributed by atoms with Gasteiger partial charge in [0, 0.05) is 36.3 Å². The fourth-order valence-corrected chi connectivity index (χ4v) is 1.68. The molecule has 0 saturated carbocycles. The van der Waals surface area contributed by atoms with Crippen LogP contribution >= 0.6 is 22.6 Å². The summed E-state index contributed by atoms with van der Waals surface area (Å²) in [6, 6.07) is 7.63. The van der Waals surface area contributed by atoms with Crippen molar-refractivity contribution < 1.29 is 4.79 Å². The van der Waals surface area contributed by atoms with Crippen LogP contribution in [0, 0.1) is 0 Å². The second-order valence-corrected chi connectivity index (χ2v) is 4.82. The van der Waals surface area contributed by atoms with Crippen LogP contribution in [0.5, 0.6) is 0 Å². The molecule has 0 aliphatic heterocycles. The van der Waals surface area contributed by atoms with Crippen LogP contribution in [0.3, 0.4) is 0 Å². The summed E-state index contributed by atoms with van der Waals surface area (Å²) in [6.07, 6.45) is 1.01. The molecule has 0 fully saturated rings. The monoisotopic (exact) mass is 332 g/mol. The second-order valence-electron chi connectivity index (χ2n) is 3.74. The Morgan fingerprint density at radius 2 is 2.19 bits per heavy atom. The van der Waals surface area contributed by atoms with Gasteiger partial charge in [-0.05, 0) is 24.6 Å². The number of carbonyl (C=O) groups excluding carboxylic acids is 1. The molecule has 0 spiro atoms. The van der Waals surface area contributed by atoms with Crippen LogP contribution in [-0.2, 0) is 0 Å². The van der Waals surface area contributed by atoms with E-state index in [-0.39, 0.29) is 5.91 Å². The minimum absolute atomic E-state index is 0.00792. The summed E-state index contributed by atoms with van der Waals surface area (Å²) < 4.78 is 1.07. The van der Waals surface area contributed by atoms with E-state index in [1.54, 1.807) is 0 Å². The largest absolute Gasteiger partial charge is 0.378 e. The topological polar surface area (TPSA) is 32.3 Å². The van der Waals surface area contributed by atoms with E-state index in [1.165, 1.54) is 0 Å². The maximum absolute atomic E-state index is 11.8. The molecule has 1 amide bonds. The van der Waals surface area contributed by atoms with E-state index >= 15 is 0 Å². The van der Waals surface area contributed by atoms with Crippen molar-refractivity contribution in [1.82, 2.24) is 5.32 Å². The molecule has 0 bridgehead atoms. The van der Waals surface area contributed by atoms with Gasteiger partial charge in [0.25, 0.3) is 5.91 Å². The van der Waals surface area contributed by atoms with E-state index in [1.807, 2.05) is 43.3 Å². The molecule has 0 aliphatic carbocycles. The van der Waals surface area contributed by atoms with E-state index < -0.39 is 0 Å². The number of anilines is 1. The van der Waals surface area contributed by atoms with Crippen molar-refractivity contribution in [2.24, 2.45) is 0 Å². The van der Waals surface area contributed by atoms with Crippen molar-refractivity contribution in [3.63, 3.8) is 0 Å².